The van der Waals surface area contributed by atoms with Crippen molar-refractivity contribution in [2.75, 3.05) is 15.8 Å². The molecule has 1 aromatic carbocycles. The van der Waals surface area contributed by atoms with Gasteiger partial charge in [-0.15, -0.1) is 0 Å². The number of sulfonamides is 1. The largest absolute Gasteiger partial charge is 0.346 e. The molecular formula is C17H17FN4O3S. The summed E-state index contributed by atoms with van der Waals surface area (Å²) in [6, 6.07) is 7.65. The van der Waals surface area contributed by atoms with Crippen LogP contribution in [0.1, 0.15) is 13.8 Å². The molecule has 7 nitrogen and oxygen atoms in total. The zero-order valence-corrected chi connectivity index (χ0v) is 14.9. The van der Waals surface area contributed by atoms with Crippen LogP contribution in [0.15, 0.2) is 36.5 Å². The van der Waals surface area contributed by atoms with E-state index in [9.17, 15) is 17.6 Å². The lowest BCUT2D eigenvalue weighted by Crippen LogP contribution is -2.15. The smallest absolute Gasteiger partial charge is 0.232 e. The minimum atomic E-state index is -3.57. The molecule has 0 bridgehead atoms. The Kier molecular flexibility index (Phi) is 4.64. The Hall–Kier alpha value is -2.94. The second-order valence-corrected chi connectivity index (χ2v) is 7.69. The van der Waals surface area contributed by atoms with E-state index in [1.807, 2.05) is 0 Å². The first-order valence-corrected chi connectivity index (χ1v) is 9.50. The Morgan fingerprint density at radius 2 is 2.04 bits per heavy atom. The number of rotatable bonds is 5. The Morgan fingerprint density at radius 3 is 2.69 bits per heavy atom. The number of nitrogens with zero attached hydrogens (tertiary/aromatic N) is 1. The van der Waals surface area contributed by atoms with Crippen LogP contribution in [0.25, 0.3) is 22.2 Å². The van der Waals surface area contributed by atoms with Gasteiger partial charge in [0, 0.05) is 18.5 Å². The fourth-order valence-electron chi connectivity index (χ4n) is 2.53. The Bertz CT molecular complexity index is 1090. The van der Waals surface area contributed by atoms with Crippen LogP contribution < -0.4 is 10.0 Å². The number of halogens is 1. The number of anilines is 2. The quantitative estimate of drug-likeness (QED) is 0.636. The molecule has 0 atom stereocenters. The van der Waals surface area contributed by atoms with Gasteiger partial charge in [-0.1, -0.05) is 6.07 Å². The van der Waals surface area contributed by atoms with E-state index in [-0.39, 0.29) is 17.3 Å². The van der Waals surface area contributed by atoms with E-state index in [0.29, 0.717) is 22.6 Å². The van der Waals surface area contributed by atoms with Crippen molar-refractivity contribution in [2.45, 2.75) is 13.8 Å². The molecule has 2 heterocycles. The van der Waals surface area contributed by atoms with E-state index in [0.717, 1.165) is 5.39 Å². The fourth-order valence-corrected chi connectivity index (χ4v) is 3.17. The molecule has 0 saturated carbocycles. The summed E-state index contributed by atoms with van der Waals surface area (Å²) in [5, 5.41) is 3.36. The number of pyridine rings is 1. The third-order valence-corrected chi connectivity index (χ3v) is 5.05. The maximum Gasteiger partial charge on any atom is 0.232 e. The van der Waals surface area contributed by atoms with Crippen molar-refractivity contribution in [3.8, 4) is 11.1 Å². The number of carbonyl (C=O) groups is 1. The summed E-state index contributed by atoms with van der Waals surface area (Å²) in [7, 11) is -3.57. The number of H-pyrrole nitrogens is 1. The minimum Gasteiger partial charge on any atom is -0.346 e. The first kappa shape index (κ1) is 17.9. The average Bonchev–Trinajstić information content (AvgIpc) is 3.03. The maximum atomic E-state index is 14.4. The fraction of sp³-hybridized carbons (Fsp3) is 0.176. The highest BCUT2D eigenvalue weighted by Gasteiger charge is 2.14. The molecule has 3 aromatic rings. The number of fused-ring (bicyclic) bond motifs is 1. The number of amides is 1. The van der Waals surface area contributed by atoms with Gasteiger partial charge in [-0.2, -0.15) is 0 Å². The number of hydrogen-bond donors (Lipinski definition) is 3. The van der Waals surface area contributed by atoms with Gasteiger partial charge in [-0.3, -0.25) is 9.52 Å². The molecule has 2 aromatic heterocycles. The third-order valence-electron chi connectivity index (χ3n) is 3.76. The summed E-state index contributed by atoms with van der Waals surface area (Å²) in [5.41, 5.74) is 1.61. The van der Waals surface area contributed by atoms with Gasteiger partial charge in [0.2, 0.25) is 15.9 Å². The molecule has 3 N–H and O–H groups in total. The molecule has 1 amide bonds. The van der Waals surface area contributed by atoms with Gasteiger partial charge in [0.25, 0.3) is 0 Å². The van der Waals surface area contributed by atoms with Crippen LogP contribution in [0.4, 0.5) is 15.9 Å². The van der Waals surface area contributed by atoms with E-state index < -0.39 is 15.8 Å². The molecular weight excluding hydrogens is 359 g/mol. The van der Waals surface area contributed by atoms with Crippen molar-refractivity contribution in [3.63, 3.8) is 0 Å². The van der Waals surface area contributed by atoms with E-state index in [4.69, 9.17) is 0 Å². The van der Waals surface area contributed by atoms with Crippen molar-refractivity contribution < 1.29 is 17.6 Å². The number of nitrogens with one attached hydrogen (secondary N) is 3. The number of aromatic nitrogens is 2. The van der Waals surface area contributed by atoms with Gasteiger partial charge < -0.3 is 10.3 Å². The van der Waals surface area contributed by atoms with Gasteiger partial charge in [-0.25, -0.2) is 17.8 Å². The van der Waals surface area contributed by atoms with E-state index in [2.05, 4.69) is 20.0 Å². The van der Waals surface area contributed by atoms with E-state index in [1.54, 1.807) is 24.4 Å². The van der Waals surface area contributed by atoms with E-state index >= 15 is 0 Å². The van der Waals surface area contributed by atoms with Crippen molar-refractivity contribution in [1.82, 2.24) is 9.97 Å². The van der Waals surface area contributed by atoms with Crippen LogP contribution in [0.3, 0.4) is 0 Å². The predicted octanol–water partition coefficient (Wildman–Crippen LogP) is 3.09. The molecule has 0 aliphatic carbocycles. The zero-order chi connectivity index (χ0) is 18.9. The molecule has 136 valence electrons. The highest BCUT2D eigenvalue weighted by molar-refractivity contribution is 7.92. The monoisotopic (exact) mass is 376 g/mol. The van der Waals surface area contributed by atoms with Gasteiger partial charge in [0.05, 0.1) is 11.4 Å². The molecule has 0 spiro atoms. The summed E-state index contributed by atoms with van der Waals surface area (Å²) in [4.78, 5) is 18.6. The van der Waals surface area contributed by atoms with Crippen LogP contribution >= 0.6 is 0 Å². The van der Waals surface area contributed by atoms with Crippen LogP contribution in [-0.2, 0) is 14.8 Å². The van der Waals surface area contributed by atoms with Crippen LogP contribution in [0, 0.1) is 5.82 Å². The minimum absolute atomic E-state index is 0.114. The summed E-state index contributed by atoms with van der Waals surface area (Å²) >= 11 is 0. The zero-order valence-electron chi connectivity index (χ0n) is 14.1. The SMILES string of the molecule is CCS(=O)(=O)Nc1ccc(-c2cc(NC(C)=O)nc3[nH]ccc23)cc1F. The first-order valence-electron chi connectivity index (χ1n) is 7.85. The summed E-state index contributed by atoms with van der Waals surface area (Å²) in [5.74, 6) is -0.785. The van der Waals surface area contributed by atoms with Crippen LogP contribution in [0.2, 0.25) is 0 Å². The molecule has 0 unspecified atom stereocenters. The highest BCUT2D eigenvalue weighted by atomic mass is 32.2. The summed E-state index contributed by atoms with van der Waals surface area (Å²) in [6.07, 6.45) is 1.69. The van der Waals surface area contributed by atoms with Gasteiger partial charge in [0.15, 0.2) is 0 Å². The molecule has 0 aliphatic rings. The summed E-state index contributed by atoms with van der Waals surface area (Å²) < 4.78 is 39.9. The van der Waals surface area contributed by atoms with Crippen molar-refractivity contribution in [1.29, 1.82) is 0 Å². The first-order chi connectivity index (χ1) is 12.3. The molecule has 26 heavy (non-hydrogen) atoms. The number of carbonyl (C=O) groups excluding carboxylic acids is 1. The normalized spacial score (nSPS) is 11.5. The van der Waals surface area contributed by atoms with Crippen LogP contribution in [-0.4, -0.2) is 30.0 Å². The Labute approximate surface area is 149 Å². The van der Waals surface area contributed by atoms with Crippen LogP contribution in [0.5, 0.6) is 0 Å². The number of hydrogen-bond acceptors (Lipinski definition) is 4. The molecule has 0 radical (unpaired) electrons. The van der Waals surface area contributed by atoms with E-state index in [1.165, 1.54) is 26.0 Å². The van der Waals surface area contributed by atoms with Gasteiger partial charge in [0.1, 0.15) is 17.3 Å². The Balaban J connectivity index is 2.07. The average molecular weight is 376 g/mol. The van der Waals surface area contributed by atoms with Crippen molar-refractivity contribution in [2.24, 2.45) is 0 Å². The third kappa shape index (κ3) is 3.67. The molecule has 0 fully saturated rings. The Morgan fingerprint density at radius 1 is 1.27 bits per heavy atom. The lowest BCUT2D eigenvalue weighted by molar-refractivity contribution is -0.114. The topological polar surface area (TPSA) is 104 Å². The van der Waals surface area contributed by atoms with Crippen molar-refractivity contribution in [3.05, 3.63) is 42.3 Å². The number of benzene rings is 1. The van der Waals surface area contributed by atoms with Crippen molar-refractivity contribution >= 4 is 38.5 Å². The predicted molar refractivity (Wildman–Crippen MR) is 98.9 cm³/mol. The summed E-state index contributed by atoms with van der Waals surface area (Å²) in [6.45, 7) is 2.84. The maximum absolute atomic E-state index is 14.4. The lowest BCUT2D eigenvalue weighted by Gasteiger charge is -2.11. The molecule has 3 rings (SSSR count). The highest BCUT2D eigenvalue weighted by Crippen LogP contribution is 2.32. The molecule has 0 saturated heterocycles. The lowest BCUT2D eigenvalue weighted by atomic mass is 10.0. The van der Waals surface area contributed by atoms with Gasteiger partial charge >= 0.3 is 0 Å². The van der Waals surface area contributed by atoms with Gasteiger partial charge in [-0.05, 0) is 42.3 Å². The molecule has 0 aliphatic heterocycles. The molecule has 9 heteroatoms. The number of aromatic amines is 1. The second-order valence-electron chi connectivity index (χ2n) is 5.68. The standard InChI is InChI=1S/C17H17FN4O3S/c1-3-26(24,25)22-15-5-4-11(8-14(15)18)13-9-16(20-10(2)23)21-17-12(13)6-7-19-17/h4-9,22H,3H2,1-2H3,(H2,19,20,21,23). The second kappa shape index (κ2) is 6.75.